The van der Waals surface area contributed by atoms with Crippen LogP contribution in [0.5, 0.6) is 0 Å². The number of rotatable bonds is 8. The van der Waals surface area contributed by atoms with E-state index in [1.54, 1.807) is 18.2 Å². The molecular weight excluding hydrogens is 324 g/mol. The second-order valence-corrected chi connectivity index (χ2v) is 8.16. The molecule has 6 heteroatoms. The molecule has 0 unspecified atom stereocenters. The summed E-state index contributed by atoms with van der Waals surface area (Å²) in [6.45, 7) is 2.72. The lowest BCUT2D eigenvalue weighted by molar-refractivity contribution is 0.0952. The molecule has 1 fully saturated rings. The maximum atomic E-state index is 12.5. The van der Waals surface area contributed by atoms with Gasteiger partial charge in [0.05, 0.1) is 4.90 Å². The molecule has 1 amide bonds. The van der Waals surface area contributed by atoms with Gasteiger partial charge in [0.25, 0.3) is 5.91 Å². The predicted octanol–water partition coefficient (Wildman–Crippen LogP) is 3.22. The summed E-state index contributed by atoms with van der Waals surface area (Å²) in [4.78, 5) is 12.3. The highest BCUT2D eigenvalue weighted by Gasteiger charge is 2.22. The van der Waals surface area contributed by atoms with E-state index in [2.05, 4.69) is 17.0 Å². The summed E-state index contributed by atoms with van der Waals surface area (Å²) < 4.78 is 27.8. The zero-order chi connectivity index (χ0) is 17.4. The van der Waals surface area contributed by atoms with E-state index in [9.17, 15) is 13.2 Å². The molecule has 1 aliphatic rings. The second kappa shape index (κ2) is 9.18. The Morgan fingerprint density at radius 1 is 1.17 bits per heavy atom. The van der Waals surface area contributed by atoms with Crippen LogP contribution in [0, 0.1) is 0 Å². The van der Waals surface area contributed by atoms with Crippen LogP contribution in [0.2, 0.25) is 0 Å². The summed E-state index contributed by atoms with van der Waals surface area (Å²) in [5.41, 5.74) is 0.387. The van der Waals surface area contributed by atoms with Crippen LogP contribution < -0.4 is 10.0 Å². The Balaban J connectivity index is 2.01. The summed E-state index contributed by atoms with van der Waals surface area (Å²) in [6, 6.07) is 6.28. The first kappa shape index (κ1) is 18.9. The average molecular weight is 353 g/mol. The Hall–Kier alpha value is -1.40. The van der Waals surface area contributed by atoms with Gasteiger partial charge in [-0.3, -0.25) is 4.79 Å². The highest BCUT2D eigenvalue weighted by atomic mass is 32.2. The normalized spacial score (nSPS) is 16.0. The molecule has 1 aromatic carbocycles. The van der Waals surface area contributed by atoms with E-state index in [0.717, 1.165) is 44.9 Å². The quantitative estimate of drug-likeness (QED) is 0.705. The van der Waals surface area contributed by atoms with E-state index >= 15 is 0 Å². The molecule has 0 bridgehead atoms. The van der Waals surface area contributed by atoms with Gasteiger partial charge in [-0.15, -0.1) is 0 Å². The predicted molar refractivity (Wildman–Crippen MR) is 95.5 cm³/mol. The maximum absolute atomic E-state index is 12.5. The summed E-state index contributed by atoms with van der Waals surface area (Å²) in [6.07, 6.45) is 8.17. The van der Waals surface area contributed by atoms with Gasteiger partial charge in [-0.25, -0.2) is 13.1 Å². The van der Waals surface area contributed by atoms with Crippen molar-refractivity contribution in [2.24, 2.45) is 0 Å². The largest absolute Gasteiger partial charge is 0.352 e. The van der Waals surface area contributed by atoms with Crippen molar-refractivity contribution < 1.29 is 13.2 Å². The molecule has 5 nitrogen and oxygen atoms in total. The molecule has 134 valence electrons. The van der Waals surface area contributed by atoms with Crippen LogP contribution in [0.4, 0.5) is 0 Å². The van der Waals surface area contributed by atoms with Crippen molar-refractivity contribution in [2.45, 2.75) is 69.2 Å². The third-order valence-corrected chi connectivity index (χ3v) is 5.92. The Morgan fingerprint density at radius 2 is 1.92 bits per heavy atom. The van der Waals surface area contributed by atoms with Crippen molar-refractivity contribution in [3.8, 4) is 0 Å². The van der Waals surface area contributed by atoms with E-state index in [4.69, 9.17) is 0 Å². The van der Waals surface area contributed by atoms with E-state index < -0.39 is 10.0 Å². The molecule has 0 atom stereocenters. The molecule has 2 rings (SSSR count). The number of carbonyl (C=O) groups is 1. The van der Waals surface area contributed by atoms with Crippen LogP contribution in [0.15, 0.2) is 29.2 Å². The fourth-order valence-corrected chi connectivity index (χ4v) is 4.34. The number of unbranched alkanes of at least 4 members (excludes halogenated alkanes) is 2. The minimum Gasteiger partial charge on any atom is -0.352 e. The third-order valence-electron chi connectivity index (χ3n) is 4.40. The topological polar surface area (TPSA) is 75.3 Å². The van der Waals surface area contributed by atoms with E-state index in [0.29, 0.717) is 12.1 Å². The number of hydrogen-bond acceptors (Lipinski definition) is 3. The number of amides is 1. The summed E-state index contributed by atoms with van der Waals surface area (Å²) in [7, 11) is -3.58. The first-order valence-corrected chi connectivity index (χ1v) is 10.4. The molecule has 0 spiro atoms. The van der Waals surface area contributed by atoms with Crippen molar-refractivity contribution >= 4 is 15.9 Å². The molecule has 1 aromatic rings. The SMILES string of the molecule is CCCCCNC(=O)c1cccc(S(=O)(=O)NC2CCCCC2)c1. The van der Waals surface area contributed by atoms with Crippen LogP contribution >= 0.6 is 0 Å². The molecule has 0 heterocycles. The molecule has 0 saturated heterocycles. The fraction of sp³-hybridized carbons (Fsp3) is 0.611. The van der Waals surface area contributed by atoms with Crippen LogP contribution in [0.1, 0.15) is 68.6 Å². The fourth-order valence-electron chi connectivity index (χ4n) is 2.99. The van der Waals surface area contributed by atoms with Gasteiger partial charge in [-0.05, 0) is 37.5 Å². The van der Waals surface area contributed by atoms with Gasteiger partial charge in [-0.2, -0.15) is 0 Å². The smallest absolute Gasteiger partial charge is 0.251 e. The van der Waals surface area contributed by atoms with Crippen molar-refractivity contribution in [2.75, 3.05) is 6.54 Å². The van der Waals surface area contributed by atoms with Gasteiger partial charge in [0.2, 0.25) is 10.0 Å². The zero-order valence-electron chi connectivity index (χ0n) is 14.4. The minimum atomic E-state index is -3.58. The number of carbonyl (C=O) groups excluding carboxylic acids is 1. The van der Waals surface area contributed by atoms with Crippen molar-refractivity contribution in [3.63, 3.8) is 0 Å². The molecule has 2 N–H and O–H groups in total. The van der Waals surface area contributed by atoms with Crippen LogP contribution in [-0.4, -0.2) is 26.9 Å². The van der Waals surface area contributed by atoms with E-state index in [1.165, 1.54) is 12.5 Å². The van der Waals surface area contributed by atoms with Crippen molar-refractivity contribution in [1.82, 2.24) is 10.0 Å². The third kappa shape index (κ3) is 5.60. The standard InChI is InChI=1S/C18H28N2O3S/c1-2-3-7-13-19-18(21)15-9-8-12-17(14-15)24(22,23)20-16-10-5-4-6-11-16/h8-9,12,14,16,20H,2-7,10-11,13H2,1H3,(H,19,21). The summed E-state index contributed by atoms with van der Waals surface area (Å²) in [5, 5.41) is 2.84. The number of benzene rings is 1. The Kier molecular flexibility index (Phi) is 7.24. The molecule has 1 saturated carbocycles. The van der Waals surface area contributed by atoms with Crippen LogP contribution in [0.25, 0.3) is 0 Å². The Labute approximate surface area is 145 Å². The van der Waals surface area contributed by atoms with E-state index in [-0.39, 0.29) is 16.8 Å². The lowest BCUT2D eigenvalue weighted by Crippen LogP contribution is -2.36. The van der Waals surface area contributed by atoms with Crippen LogP contribution in [-0.2, 0) is 10.0 Å². The lowest BCUT2D eigenvalue weighted by atomic mass is 9.96. The molecule has 1 aliphatic carbocycles. The Morgan fingerprint density at radius 3 is 2.62 bits per heavy atom. The number of hydrogen-bond donors (Lipinski definition) is 2. The van der Waals surface area contributed by atoms with E-state index in [1.807, 2.05) is 0 Å². The molecule has 24 heavy (non-hydrogen) atoms. The monoisotopic (exact) mass is 352 g/mol. The average Bonchev–Trinajstić information content (AvgIpc) is 2.59. The molecule has 0 aliphatic heterocycles. The van der Waals surface area contributed by atoms with Gasteiger partial charge in [0.15, 0.2) is 0 Å². The second-order valence-electron chi connectivity index (χ2n) is 6.45. The first-order valence-electron chi connectivity index (χ1n) is 8.93. The summed E-state index contributed by atoms with van der Waals surface area (Å²) >= 11 is 0. The summed E-state index contributed by atoms with van der Waals surface area (Å²) in [5.74, 6) is -0.221. The molecule has 0 radical (unpaired) electrons. The zero-order valence-corrected chi connectivity index (χ0v) is 15.2. The maximum Gasteiger partial charge on any atom is 0.251 e. The van der Waals surface area contributed by atoms with Crippen LogP contribution in [0.3, 0.4) is 0 Å². The lowest BCUT2D eigenvalue weighted by Gasteiger charge is -2.22. The Bertz CT molecular complexity index is 637. The van der Waals surface area contributed by atoms with Gasteiger partial charge < -0.3 is 5.32 Å². The highest BCUT2D eigenvalue weighted by molar-refractivity contribution is 7.89. The van der Waals surface area contributed by atoms with Crippen molar-refractivity contribution in [3.05, 3.63) is 29.8 Å². The van der Waals surface area contributed by atoms with Gasteiger partial charge in [0, 0.05) is 18.2 Å². The molecular formula is C18H28N2O3S. The van der Waals surface area contributed by atoms with Crippen molar-refractivity contribution in [1.29, 1.82) is 0 Å². The number of nitrogens with one attached hydrogen (secondary N) is 2. The minimum absolute atomic E-state index is 0.00952. The van der Waals surface area contributed by atoms with Gasteiger partial charge >= 0.3 is 0 Å². The molecule has 0 aromatic heterocycles. The first-order chi connectivity index (χ1) is 11.5. The highest BCUT2D eigenvalue weighted by Crippen LogP contribution is 2.20. The van der Waals surface area contributed by atoms with Gasteiger partial charge in [-0.1, -0.05) is 45.1 Å². The van der Waals surface area contributed by atoms with Gasteiger partial charge in [0.1, 0.15) is 0 Å². The number of sulfonamides is 1.